The molecule has 1 aromatic carbocycles. The van der Waals surface area contributed by atoms with Gasteiger partial charge in [0.25, 0.3) is 15.7 Å². The molecule has 0 bridgehead atoms. The number of benzene rings is 1. The molecule has 0 heterocycles. The van der Waals surface area contributed by atoms with Crippen molar-refractivity contribution in [2.45, 2.75) is 4.90 Å². The average molecular weight is 260 g/mol. The number of sulfonamides is 1. The van der Waals surface area contributed by atoms with Crippen LogP contribution in [0.1, 0.15) is 0 Å². The summed E-state index contributed by atoms with van der Waals surface area (Å²) in [4.78, 5) is 11.8. The molecule has 0 aromatic heterocycles. The first-order chi connectivity index (χ1) is 7.74. The number of nitro groups is 1. The Morgan fingerprint density at radius 1 is 1.41 bits per heavy atom. The summed E-state index contributed by atoms with van der Waals surface area (Å²) in [7, 11) is -0.838. The molecule has 0 atom stereocenters. The Hall–Kier alpha value is -1.71. The van der Waals surface area contributed by atoms with Gasteiger partial charge in [-0.15, -0.1) is 4.83 Å². The third-order valence-corrected chi connectivity index (χ3v) is 3.29. The van der Waals surface area contributed by atoms with Crippen LogP contribution < -0.4 is 10.6 Å². The van der Waals surface area contributed by atoms with Gasteiger partial charge in [0.05, 0.1) is 9.82 Å². The molecule has 0 amide bonds. The fraction of sp³-hybridized carbons (Fsp3) is 0.250. The average Bonchev–Trinajstić information content (AvgIpc) is 2.15. The molecule has 9 heteroatoms. The summed E-state index contributed by atoms with van der Waals surface area (Å²) in [6.07, 6.45) is 0. The number of nitrogens with two attached hydrogens (primary N) is 1. The highest BCUT2D eigenvalue weighted by Crippen LogP contribution is 2.24. The maximum Gasteiger partial charge on any atom is 0.293 e. The molecule has 1 aromatic rings. The second-order valence-corrected chi connectivity index (χ2v) is 5.13. The smallest absolute Gasteiger partial charge is 0.293 e. The monoisotopic (exact) mass is 260 g/mol. The lowest BCUT2D eigenvalue weighted by Gasteiger charge is -2.12. The van der Waals surface area contributed by atoms with E-state index in [9.17, 15) is 18.5 Å². The topological polar surface area (TPSA) is 119 Å². The molecule has 0 aliphatic rings. The number of anilines is 1. The predicted molar refractivity (Wildman–Crippen MR) is 61.5 cm³/mol. The van der Waals surface area contributed by atoms with Gasteiger partial charge in [-0.05, 0) is 12.1 Å². The number of hydrazine groups is 1. The van der Waals surface area contributed by atoms with Crippen LogP contribution >= 0.6 is 0 Å². The van der Waals surface area contributed by atoms with E-state index >= 15 is 0 Å². The van der Waals surface area contributed by atoms with Crippen molar-refractivity contribution in [2.24, 2.45) is 0 Å². The highest BCUT2D eigenvalue weighted by molar-refractivity contribution is 7.89. The van der Waals surface area contributed by atoms with E-state index in [1.54, 1.807) is 0 Å². The highest BCUT2D eigenvalue weighted by Gasteiger charge is 2.20. The van der Waals surface area contributed by atoms with E-state index < -0.39 is 20.6 Å². The molecule has 0 aliphatic carbocycles. The number of hydrogen-bond donors (Lipinski definition) is 2. The SMILES string of the molecule is CN(C)NS(=O)(=O)c1ccc(N)c([N+](=O)[O-])c1. The second-order valence-electron chi connectivity index (χ2n) is 3.47. The second kappa shape index (κ2) is 4.65. The van der Waals surface area contributed by atoms with Crippen molar-refractivity contribution in [3.05, 3.63) is 28.3 Å². The third-order valence-electron chi connectivity index (χ3n) is 1.81. The fourth-order valence-electron chi connectivity index (χ4n) is 1.14. The van der Waals surface area contributed by atoms with Crippen LogP contribution in [-0.4, -0.2) is 32.4 Å². The standard InChI is InChI=1S/C8H12N4O4S/c1-11(2)10-17(15,16)6-3-4-7(9)8(5-6)12(13)14/h3-5,10H,9H2,1-2H3. The van der Waals surface area contributed by atoms with Crippen LogP contribution in [0.25, 0.3) is 0 Å². The van der Waals surface area contributed by atoms with Crippen molar-refractivity contribution < 1.29 is 13.3 Å². The molecule has 94 valence electrons. The van der Waals surface area contributed by atoms with Crippen molar-refractivity contribution in [1.29, 1.82) is 0 Å². The Morgan fingerprint density at radius 2 is 2.00 bits per heavy atom. The number of nitrogen functional groups attached to an aromatic ring is 1. The summed E-state index contributed by atoms with van der Waals surface area (Å²) >= 11 is 0. The van der Waals surface area contributed by atoms with Crippen LogP contribution in [0, 0.1) is 10.1 Å². The largest absolute Gasteiger partial charge is 0.393 e. The van der Waals surface area contributed by atoms with Gasteiger partial charge in [-0.2, -0.15) is 0 Å². The summed E-state index contributed by atoms with van der Waals surface area (Å²) in [6.45, 7) is 0. The summed E-state index contributed by atoms with van der Waals surface area (Å²) < 4.78 is 23.4. The summed E-state index contributed by atoms with van der Waals surface area (Å²) in [5, 5.41) is 11.8. The Morgan fingerprint density at radius 3 is 2.47 bits per heavy atom. The van der Waals surface area contributed by atoms with Gasteiger partial charge in [0.15, 0.2) is 0 Å². The van der Waals surface area contributed by atoms with E-state index in [4.69, 9.17) is 5.73 Å². The van der Waals surface area contributed by atoms with Gasteiger partial charge in [0.1, 0.15) is 5.69 Å². The first kappa shape index (κ1) is 13.4. The number of hydrogen-bond acceptors (Lipinski definition) is 6. The number of rotatable bonds is 4. The minimum absolute atomic E-state index is 0.0844. The van der Waals surface area contributed by atoms with Gasteiger partial charge in [0.2, 0.25) is 0 Å². The van der Waals surface area contributed by atoms with Crippen molar-refractivity contribution in [1.82, 2.24) is 9.84 Å². The number of nitrogens with one attached hydrogen (secondary N) is 1. The Balaban J connectivity index is 3.25. The van der Waals surface area contributed by atoms with Crippen molar-refractivity contribution in [3.63, 3.8) is 0 Å². The maximum atomic E-state index is 11.7. The molecule has 0 aliphatic heterocycles. The van der Waals surface area contributed by atoms with Gasteiger partial charge in [-0.1, -0.05) is 0 Å². The van der Waals surface area contributed by atoms with Crippen LogP contribution in [-0.2, 0) is 10.0 Å². The van der Waals surface area contributed by atoms with Crippen molar-refractivity contribution in [3.8, 4) is 0 Å². The van der Waals surface area contributed by atoms with Gasteiger partial charge >= 0.3 is 0 Å². The molecule has 0 radical (unpaired) electrons. The summed E-state index contributed by atoms with van der Waals surface area (Å²) in [5.41, 5.74) is 4.84. The molecule has 3 N–H and O–H groups in total. The molecule has 8 nitrogen and oxygen atoms in total. The Kier molecular flexibility index (Phi) is 3.66. The van der Waals surface area contributed by atoms with Gasteiger partial charge in [0, 0.05) is 20.2 Å². The van der Waals surface area contributed by atoms with E-state index in [2.05, 4.69) is 4.83 Å². The van der Waals surface area contributed by atoms with Gasteiger partial charge < -0.3 is 5.73 Å². The number of nitrogens with zero attached hydrogens (tertiary/aromatic N) is 2. The zero-order chi connectivity index (χ0) is 13.2. The van der Waals surface area contributed by atoms with Crippen molar-refractivity contribution in [2.75, 3.05) is 19.8 Å². The van der Waals surface area contributed by atoms with E-state index in [0.29, 0.717) is 0 Å². The van der Waals surface area contributed by atoms with Crippen LogP contribution in [0.3, 0.4) is 0 Å². The molecule has 0 unspecified atom stereocenters. The highest BCUT2D eigenvalue weighted by atomic mass is 32.2. The minimum atomic E-state index is -3.82. The lowest BCUT2D eigenvalue weighted by atomic mass is 10.3. The third kappa shape index (κ3) is 3.12. The minimum Gasteiger partial charge on any atom is -0.393 e. The van der Waals surface area contributed by atoms with Crippen LogP contribution in [0.15, 0.2) is 23.1 Å². The summed E-state index contributed by atoms with van der Waals surface area (Å²) in [6, 6.07) is 3.30. The molecule has 0 spiro atoms. The maximum absolute atomic E-state index is 11.7. The molecule has 1 rings (SSSR count). The van der Waals surface area contributed by atoms with E-state index in [-0.39, 0.29) is 10.6 Å². The first-order valence-electron chi connectivity index (χ1n) is 4.48. The van der Waals surface area contributed by atoms with E-state index in [0.717, 1.165) is 6.07 Å². The zero-order valence-corrected chi connectivity index (χ0v) is 10.1. The normalized spacial score (nSPS) is 11.7. The van der Waals surface area contributed by atoms with E-state index in [1.807, 2.05) is 0 Å². The lowest BCUT2D eigenvalue weighted by molar-refractivity contribution is -0.384. The van der Waals surface area contributed by atoms with Gasteiger partial charge in [-0.25, -0.2) is 13.4 Å². The Bertz CT molecular complexity index is 540. The predicted octanol–water partition coefficient (Wildman–Crippen LogP) is -0.0681. The molecular weight excluding hydrogens is 248 g/mol. The molecule has 0 saturated carbocycles. The van der Waals surface area contributed by atoms with Crippen LogP contribution in [0.4, 0.5) is 11.4 Å². The van der Waals surface area contributed by atoms with Crippen molar-refractivity contribution >= 4 is 21.4 Å². The molecular formula is C8H12N4O4S. The zero-order valence-electron chi connectivity index (χ0n) is 9.25. The van der Waals surface area contributed by atoms with Gasteiger partial charge in [-0.3, -0.25) is 10.1 Å². The first-order valence-corrected chi connectivity index (χ1v) is 5.96. The molecule has 0 fully saturated rings. The number of nitro benzene ring substituents is 1. The Labute approximate surface area is 98.2 Å². The summed E-state index contributed by atoms with van der Waals surface area (Å²) in [5.74, 6) is 0. The fourth-order valence-corrected chi connectivity index (χ4v) is 2.24. The lowest BCUT2D eigenvalue weighted by Crippen LogP contribution is -2.36. The van der Waals surface area contributed by atoms with E-state index in [1.165, 1.54) is 31.2 Å². The molecule has 0 saturated heterocycles. The molecule has 17 heavy (non-hydrogen) atoms. The van der Waals surface area contributed by atoms with Crippen LogP contribution in [0.5, 0.6) is 0 Å². The quantitative estimate of drug-likeness (QED) is 0.444. The van der Waals surface area contributed by atoms with Crippen LogP contribution in [0.2, 0.25) is 0 Å².